The van der Waals surface area contributed by atoms with E-state index in [4.69, 9.17) is 4.52 Å². The number of rotatable bonds is 8. The quantitative estimate of drug-likeness (QED) is 0.215. The van der Waals surface area contributed by atoms with Gasteiger partial charge in [0.2, 0.25) is 0 Å². The van der Waals surface area contributed by atoms with Gasteiger partial charge in [-0.2, -0.15) is 21.2 Å². The first-order chi connectivity index (χ1) is 17.7. The number of aryl methyl sites for hydroxylation is 1. The highest BCUT2D eigenvalue weighted by Gasteiger charge is 2.36. The number of benzene rings is 1. The van der Waals surface area contributed by atoms with Crippen LogP contribution in [0.3, 0.4) is 0 Å². The second-order valence-electron chi connectivity index (χ2n) is 10.1. The van der Waals surface area contributed by atoms with Crippen LogP contribution >= 0.6 is 29.6 Å². The van der Waals surface area contributed by atoms with Crippen LogP contribution in [0.1, 0.15) is 39.7 Å². The summed E-state index contributed by atoms with van der Waals surface area (Å²) in [6.07, 6.45) is 1.88. The van der Waals surface area contributed by atoms with Crippen LogP contribution in [0.4, 0.5) is 11.4 Å². The standard InChI is InChI=1S/C24H32N5O6PS2/c1-6-35-36(32)18-13-16(28-38(5,33)34)7-8-17(18)25-22(27-36)19-21(30)20(15-9-12-37-14-15)26-29(23(19)31)11-10-24(2,3)4/h7-9,12-14,28,30,33-34H,6,10-11H2,1-5H3,(H,25,27,32). The minimum atomic E-state index is -3.94. The highest BCUT2D eigenvalue weighted by molar-refractivity contribution is 8.24. The number of amidine groups is 1. The lowest BCUT2D eigenvalue weighted by Crippen LogP contribution is -2.35. The van der Waals surface area contributed by atoms with Crippen molar-refractivity contribution in [3.05, 3.63) is 50.9 Å². The van der Waals surface area contributed by atoms with Gasteiger partial charge in [-0.1, -0.05) is 20.8 Å². The Morgan fingerprint density at radius 2 is 2.00 bits per heavy atom. The molecule has 1 aromatic carbocycles. The number of nitrogens with one attached hydrogen (secondary N) is 2. The minimum Gasteiger partial charge on any atom is -0.505 e. The molecule has 0 spiro atoms. The van der Waals surface area contributed by atoms with Gasteiger partial charge in [-0.05, 0) is 48.4 Å². The lowest BCUT2D eigenvalue weighted by Gasteiger charge is -2.30. The van der Waals surface area contributed by atoms with E-state index in [2.05, 4.69) is 40.7 Å². The lowest BCUT2D eigenvalue weighted by molar-refractivity contribution is 0.335. The number of fused-ring (bicyclic) bond motifs is 1. The summed E-state index contributed by atoms with van der Waals surface area (Å²) >= 11 is 1.43. The van der Waals surface area contributed by atoms with Crippen LogP contribution in [-0.4, -0.2) is 42.7 Å². The average molecular weight is 582 g/mol. The Kier molecular flexibility index (Phi) is 7.81. The van der Waals surface area contributed by atoms with Crippen LogP contribution in [0.15, 0.2) is 44.6 Å². The zero-order valence-electron chi connectivity index (χ0n) is 21.8. The normalized spacial score (nSPS) is 17.9. The van der Waals surface area contributed by atoms with E-state index in [-0.39, 0.29) is 40.2 Å². The number of thiophene rings is 1. The van der Waals surface area contributed by atoms with Crippen LogP contribution in [-0.2, 0) is 15.6 Å². The zero-order valence-corrected chi connectivity index (χ0v) is 24.3. The maximum Gasteiger partial charge on any atom is 0.348 e. The minimum absolute atomic E-state index is 0.0619. The summed E-state index contributed by atoms with van der Waals surface area (Å²) in [7, 11) is -7.02. The van der Waals surface area contributed by atoms with E-state index >= 15 is 0 Å². The topological polar surface area (TPSA) is 158 Å². The van der Waals surface area contributed by atoms with Crippen LogP contribution < -0.4 is 20.9 Å². The third-order valence-corrected chi connectivity index (χ3v) is 8.99. The molecule has 4 rings (SSSR count). The fourth-order valence-corrected chi connectivity index (χ4v) is 6.86. The molecular weight excluding hydrogens is 549 g/mol. The molecule has 0 amide bonds. The van der Waals surface area contributed by atoms with Crippen LogP contribution in [0.25, 0.3) is 11.3 Å². The third-order valence-electron chi connectivity index (χ3n) is 5.64. The highest BCUT2D eigenvalue weighted by atomic mass is 32.3. The van der Waals surface area contributed by atoms with Crippen molar-refractivity contribution in [3.63, 3.8) is 0 Å². The van der Waals surface area contributed by atoms with E-state index in [9.17, 15) is 23.6 Å². The van der Waals surface area contributed by atoms with Gasteiger partial charge >= 0.3 is 7.52 Å². The first-order valence-corrected chi connectivity index (χ1v) is 16.3. The summed E-state index contributed by atoms with van der Waals surface area (Å²) in [5, 5.41) is 22.6. The van der Waals surface area contributed by atoms with Gasteiger partial charge in [-0.15, -0.1) is 10.8 Å². The lowest BCUT2D eigenvalue weighted by atomic mass is 9.92. The number of aromatic hydroxyl groups is 1. The summed E-state index contributed by atoms with van der Waals surface area (Å²) in [4.78, 5) is 13.6. The van der Waals surface area contributed by atoms with Crippen LogP contribution in [0.5, 0.6) is 5.75 Å². The molecule has 1 unspecified atom stereocenters. The van der Waals surface area contributed by atoms with E-state index in [1.54, 1.807) is 25.1 Å². The van der Waals surface area contributed by atoms with E-state index < -0.39 is 23.9 Å². The number of nitrogens with zero attached hydrogens (tertiary/aromatic N) is 3. The molecule has 3 aromatic rings. The molecule has 206 valence electrons. The molecule has 0 saturated heterocycles. The van der Waals surface area contributed by atoms with E-state index in [0.717, 1.165) is 0 Å². The van der Waals surface area contributed by atoms with Gasteiger partial charge in [0.05, 0.1) is 23.3 Å². The van der Waals surface area contributed by atoms with Gasteiger partial charge in [0.25, 0.3) is 5.56 Å². The predicted molar refractivity (Wildman–Crippen MR) is 155 cm³/mol. The molecule has 3 heterocycles. The Morgan fingerprint density at radius 3 is 2.61 bits per heavy atom. The molecule has 1 atom stereocenters. The van der Waals surface area contributed by atoms with Crippen molar-refractivity contribution in [2.75, 3.05) is 22.9 Å². The SMILES string of the molecule is CCOP1(=O)N=C(c2c(O)c(-c3ccsc3)nn(CCC(C)(C)C)c2=O)Nc2ccc(NS(C)(O)O)cc21. The van der Waals surface area contributed by atoms with Crippen LogP contribution in [0.2, 0.25) is 0 Å². The number of aromatic nitrogens is 2. The molecule has 0 fully saturated rings. The smallest absolute Gasteiger partial charge is 0.348 e. The average Bonchev–Trinajstić information content (AvgIpc) is 3.32. The molecule has 1 aliphatic heterocycles. The van der Waals surface area contributed by atoms with Gasteiger partial charge in [-0.3, -0.25) is 23.2 Å². The Labute approximate surface area is 226 Å². The fraction of sp³-hybridized carbons (Fsp3) is 0.375. The summed E-state index contributed by atoms with van der Waals surface area (Å²) in [5.41, 5.74) is 0.689. The molecule has 11 nitrogen and oxygen atoms in total. The third kappa shape index (κ3) is 6.14. The van der Waals surface area contributed by atoms with Crippen molar-refractivity contribution in [1.82, 2.24) is 9.78 Å². The van der Waals surface area contributed by atoms with E-state index in [1.165, 1.54) is 28.3 Å². The summed E-state index contributed by atoms with van der Waals surface area (Å²) in [5.74, 6) is -0.475. The Balaban J connectivity index is 1.89. The van der Waals surface area contributed by atoms with Crippen LogP contribution in [0, 0.1) is 5.41 Å². The summed E-state index contributed by atoms with van der Waals surface area (Å²) < 4.78 is 47.5. The highest BCUT2D eigenvalue weighted by Crippen LogP contribution is 2.53. The van der Waals surface area contributed by atoms with Gasteiger partial charge in [0.1, 0.15) is 11.3 Å². The van der Waals surface area contributed by atoms with Crippen molar-refractivity contribution in [3.8, 4) is 17.0 Å². The molecule has 0 saturated carbocycles. The predicted octanol–water partition coefficient (Wildman–Crippen LogP) is 5.55. The maximum atomic E-state index is 14.0. The molecule has 0 bridgehead atoms. The molecule has 0 radical (unpaired) electrons. The molecule has 2 aromatic heterocycles. The first kappa shape index (κ1) is 28.3. The van der Waals surface area contributed by atoms with E-state index in [0.29, 0.717) is 29.9 Å². The van der Waals surface area contributed by atoms with Crippen molar-refractivity contribution in [2.45, 2.75) is 40.7 Å². The molecule has 14 heteroatoms. The first-order valence-electron chi connectivity index (χ1n) is 11.9. The number of hydrogen-bond acceptors (Lipinski definition) is 10. The largest absolute Gasteiger partial charge is 0.505 e. The van der Waals surface area contributed by atoms with Gasteiger partial charge < -0.3 is 14.9 Å². The summed E-state index contributed by atoms with van der Waals surface area (Å²) in [6, 6.07) is 6.38. The Hall–Kier alpha value is -2.67. The zero-order chi connectivity index (χ0) is 27.9. The molecule has 0 aliphatic carbocycles. The number of hydrogen-bond donors (Lipinski definition) is 5. The molecule has 1 aliphatic rings. The van der Waals surface area contributed by atoms with Crippen molar-refractivity contribution < 1.29 is 23.3 Å². The number of anilines is 2. The van der Waals surface area contributed by atoms with Crippen molar-refractivity contribution in [1.29, 1.82) is 0 Å². The Bertz CT molecular complexity index is 1480. The maximum absolute atomic E-state index is 14.0. The second-order valence-corrected chi connectivity index (χ2v) is 14.7. The molecule has 5 N–H and O–H groups in total. The second kappa shape index (κ2) is 10.5. The molecule has 38 heavy (non-hydrogen) atoms. The van der Waals surface area contributed by atoms with Crippen molar-refractivity contribution >= 4 is 52.1 Å². The fourth-order valence-electron chi connectivity index (χ4n) is 3.84. The Morgan fingerprint density at radius 1 is 1.26 bits per heavy atom. The van der Waals surface area contributed by atoms with Crippen molar-refractivity contribution in [2.24, 2.45) is 10.2 Å². The molecular formula is C24H32N5O6PS2. The van der Waals surface area contributed by atoms with Gasteiger partial charge in [-0.25, -0.2) is 4.68 Å². The van der Waals surface area contributed by atoms with Gasteiger partial charge in [0, 0.05) is 23.7 Å². The van der Waals surface area contributed by atoms with E-state index in [1.807, 2.05) is 10.8 Å². The van der Waals surface area contributed by atoms with Gasteiger partial charge in [0.15, 0.2) is 11.6 Å². The monoisotopic (exact) mass is 581 g/mol. The summed E-state index contributed by atoms with van der Waals surface area (Å²) in [6.45, 7) is 8.20.